The molecular formula is C7H6FNO3. The van der Waals surface area contributed by atoms with Crippen molar-refractivity contribution >= 4 is 12.0 Å². The molecule has 0 amide bonds. The Morgan fingerprint density at radius 3 is 2.92 bits per heavy atom. The predicted molar refractivity (Wildman–Crippen MR) is 37.9 cm³/mol. The molecule has 0 spiro atoms. The molecule has 64 valence electrons. The molecule has 0 aliphatic carbocycles. The third-order valence-electron chi connectivity index (χ3n) is 1.25. The molecule has 1 rings (SSSR count). The summed E-state index contributed by atoms with van der Waals surface area (Å²) in [5, 5.41) is 0. The fraction of sp³-hybridized carbons (Fsp3) is 0.143. The van der Waals surface area contributed by atoms with E-state index in [2.05, 4.69) is 16.5 Å². The van der Waals surface area contributed by atoms with Crippen molar-refractivity contribution < 1.29 is 18.7 Å². The number of aromatic nitrogens is 1. The van der Waals surface area contributed by atoms with Crippen LogP contribution in [0.4, 0.5) is 4.53 Å². The molecule has 0 unspecified atom stereocenters. The van der Waals surface area contributed by atoms with Gasteiger partial charge in [0, 0.05) is 4.53 Å². The van der Waals surface area contributed by atoms with Gasteiger partial charge in [-0.3, -0.25) is 0 Å². The number of oxazole rings is 1. The van der Waals surface area contributed by atoms with Crippen LogP contribution in [-0.2, 0) is 4.94 Å². The Kier molecular flexibility index (Phi) is 2.23. The minimum absolute atomic E-state index is 0.160. The molecule has 0 aliphatic rings. The SMILES string of the molecule is C=Cc1nc(C(=O)OF)c(C)o1. The van der Waals surface area contributed by atoms with E-state index in [1.54, 1.807) is 0 Å². The van der Waals surface area contributed by atoms with Crippen LogP contribution in [0.25, 0.3) is 6.08 Å². The molecular weight excluding hydrogens is 165 g/mol. The molecule has 1 aromatic heterocycles. The van der Waals surface area contributed by atoms with E-state index < -0.39 is 5.97 Å². The van der Waals surface area contributed by atoms with Gasteiger partial charge in [0.15, 0.2) is 5.69 Å². The lowest BCUT2D eigenvalue weighted by atomic mass is 10.4. The van der Waals surface area contributed by atoms with Gasteiger partial charge < -0.3 is 4.42 Å². The minimum Gasteiger partial charge on any atom is -0.441 e. The second kappa shape index (κ2) is 3.17. The van der Waals surface area contributed by atoms with E-state index >= 15 is 0 Å². The van der Waals surface area contributed by atoms with E-state index in [4.69, 9.17) is 4.42 Å². The second-order valence-corrected chi connectivity index (χ2v) is 2.03. The van der Waals surface area contributed by atoms with Crippen molar-refractivity contribution in [2.45, 2.75) is 6.92 Å². The first-order chi connectivity index (χ1) is 5.69. The first-order valence-corrected chi connectivity index (χ1v) is 3.11. The number of carbonyl (C=O) groups is 1. The summed E-state index contributed by atoms with van der Waals surface area (Å²) in [4.78, 5) is 17.2. The van der Waals surface area contributed by atoms with Crippen molar-refractivity contribution in [1.82, 2.24) is 4.98 Å². The second-order valence-electron chi connectivity index (χ2n) is 2.03. The average Bonchev–Trinajstić information content (AvgIpc) is 2.45. The van der Waals surface area contributed by atoms with Crippen LogP contribution in [0.1, 0.15) is 22.1 Å². The lowest BCUT2D eigenvalue weighted by molar-refractivity contribution is -0.0794. The van der Waals surface area contributed by atoms with Gasteiger partial charge in [-0.2, -0.15) is 0 Å². The lowest BCUT2D eigenvalue weighted by Gasteiger charge is -1.86. The van der Waals surface area contributed by atoms with E-state index in [-0.39, 0.29) is 17.3 Å². The van der Waals surface area contributed by atoms with Crippen LogP contribution < -0.4 is 0 Å². The molecule has 5 heteroatoms. The monoisotopic (exact) mass is 171 g/mol. The van der Waals surface area contributed by atoms with Crippen LogP contribution in [0.5, 0.6) is 0 Å². The molecule has 1 heterocycles. The molecule has 0 saturated carbocycles. The van der Waals surface area contributed by atoms with Crippen molar-refractivity contribution in [3.8, 4) is 0 Å². The van der Waals surface area contributed by atoms with Gasteiger partial charge in [0.1, 0.15) is 5.76 Å². The quantitative estimate of drug-likeness (QED) is 0.679. The van der Waals surface area contributed by atoms with Crippen molar-refractivity contribution in [3.63, 3.8) is 0 Å². The zero-order valence-corrected chi connectivity index (χ0v) is 6.33. The van der Waals surface area contributed by atoms with E-state index in [0.717, 1.165) is 0 Å². The fourth-order valence-electron chi connectivity index (χ4n) is 0.730. The summed E-state index contributed by atoms with van der Waals surface area (Å²) in [6.07, 6.45) is 1.31. The molecule has 12 heavy (non-hydrogen) atoms. The zero-order valence-electron chi connectivity index (χ0n) is 6.33. The van der Waals surface area contributed by atoms with E-state index in [0.29, 0.717) is 0 Å². The number of rotatable bonds is 2. The third-order valence-corrected chi connectivity index (χ3v) is 1.25. The largest absolute Gasteiger partial charge is 0.441 e. The van der Waals surface area contributed by atoms with Gasteiger partial charge in [-0.15, -0.1) is 0 Å². The summed E-state index contributed by atoms with van der Waals surface area (Å²) >= 11 is 0. The Morgan fingerprint density at radius 2 is 2.50 bits per heavy atom. The molecule has 0 aromatic carbocycles. The normalized spacial score (nSPS) is 9.50. The summed E-state index contributed by atoms with van der Waals surface area (Å²) in [7, 11) is 0. The highest BCUT2D eigenvalue weighted by Crippen LogP contribution is 2.11. The fourth-order valence-corrected chi connectivity index (χ4v) is 0.730. The van der Waals surface area contributed by atoms with E-state index in [9.17, 15) is 9.32 Å². The number of hydrogen-bond donors (Lipinski definition) is 0. The first kappa shape index (κ1) is 8.45. The van der Waals surface area contributed by atoms with Gasteiger partial charge in [-0.1, -0.05) is 6.58 Å². The summed E-state index contributed by atoms with van der Waals surface area (Å²) in [6.45, 7) is 4.85. The average molecular weight is 171 g/mol. The highest BCUT2D eigenvalue weighted by Gasteiger charge is 2.17. The molecule has 0 bridgehead atoms. The van der Waals surface area contributed by atoms with Crippen LogP contribution in [-0.4, -0.2) is 11.0 Å². The Labute approximate surface area is 67.6 Å². The van der Waals surface area contributed by atoms with Gasteiger partial charge in [0.2, 0.25) is 5.89 Å². The number of halogens is 1. The standard InChI is InChI=1S/C7H6FNO3/c1-3-5-9-6(4(2)11-5)7(10)12-8/h3H,1H2,2H3. The maximum absolute atomic E-state index is 11.4. The van der Waals surface area contributed by atoms with Crippen LogP contribution >= 0.6 is 0 Å². The third kappa shape index (κ3) is 1.34. The Hall–Kier alpha value is -1.65. The molecule has 1 aromatic rings. The van der Waals surface area contributed by atoms with Crippen LogP contribution in [0.2, 0.25) is 0 Å². The van der Waals surface area contributed by atoms with Crippen LogP contribution in [0.15, 0.2) is 11.0 Å². The smallest absolute Gasteiger partial charge is 0.401 e. The highest BCUT2D eigenvalue weighted by atomic mass is 19.3. The lowest BCUT2D eigenvalue weighted by Crippen LogP contribution is -2.00. The predicted octanol–water partition coefficient (Wildman–Crippen LogP) is 1.67. The summed E-state index contributed by atoms with van der Waals surface area (Å²) in [5.41, 5.74) is -0.174. The van der Waals surface area contributed by atoms with Crippen LogP contribution in [0.3, 0.4) is 0 Å². The topological polar surface area (TPSA) is 52.3 Å². The number of carbonyl (C=O) groups excluding carboxylic acids is 1. The van der Waals surface area contributed by atoms with Crippen LogP contribution in [0, 0.1) is 6.92 Å². The van der Waals surface area contributed by atoms with E-state index in [1.165, 1.54) is 13.0 Å². The Bertz CT molecular complexity index is 318. The van der Waals surface area contributed by atoms with Gasteiger partial charge >= 0.3 is 5.97 Å². The molecule has 0 atom stereocenters. The number of aryl methyl sites for hydroxylation is 1. The van der Waals surface area contributed by atoms with E-state index in [1.807, 2.05) is 0 Å². The Balaban J connectivity index is 3.07. The molecule has 0 aliphatic heterocycles. The maximum Gasteiger partial charge on any atom is 0.401 e. The van der Waals surface area contributed by atoms with Gasteiger partial charge in [-0.25, -0.2) is 14.7 Å². The van der Waals surface area contributed by atoms with Gasteiger partial charge in [0.05, 0.1) is 0 Å². The summed E-state index contributed by atoms with van der Waals surface area (Å²) < 4.78 is 16.3. The number of hydrogen-bond acceptors (Lipinski definition) is 4. The van der Waals surface area contributed by atoms with Crippen molar-refractivity contribution in [2.24, 2.45) is 0 Å². The van der Waals surface area contributed by atoms with Crippen molar-refractivity contribution in [1.29, 1.82) is 0 Å². The summed E-state index contributed by atoms with van der Waals surface area (Å²) in [6, 6.07) is 0. The van der Waals surface area contributed by atoms with Gasteiger partial charge in [-0.05, 0) is 13.0 Å². The zero-order chi connectivity index (χ0) is 9.14. The first-order valence-electron chi connectivity index (χ1n) is 3.11. The Morgan fingerprint density at radius 1 is 1.83 bits per heavy atom. The molecule has 0 saturated heterocycles. The molecule has 0 radical (unpaired) electrons. The van der Waals surface area contributed by atoms with Crippen molar-refractivity contribution in [2.75, 3.05) is 0 Å². The van der Waals surface area contributed by atoms with Gasteiger partial charge in [0.25, 0.3) is 0 Å². The number of nitrogens with zero attached hydrogens (tertiary/aromatic N) is 1. The minimum atomic E-state index is -1.16. The molecule has 4 nitrogen and oxygen atoms in total. The summed E-state index contributed by atoms with van der Waals surface area (Å²) in [5.74, 6) is -0.801. The maximum atomic E-state index is 11.4. The molecule has 0 fully saturated rings. The highest BCUT2D eigenvalue weighted by molar-refractivity contribution is 5.87. The molecule has 0 N–H and O–H groups in total. The van der Waals surface area contributed by atoms with Crippen molar-refractivity contribution in [3.05, 3.63) is 23.9 Å².